The lowest BCUT2D eigenvalue weighted by atomic mass is 10.2. The maximum Gasteiger partial charge on any atom is 0.263 e. The largest absolute Gasteiger partial charge is 0.263 e. The monoisotopic (exact) mass is 261 g/mol. The molecule has 0 aliphatic carbocycles. The number of benzene rings is 1. The molecule has 1 aliphatic rings. The second-order valence-corrected chi connectivity index (χ2v) is 5.92. The molecule has 1 fully saturated rings. The van der Waals surface area contributed by atoms with Crippen LogP contribution in [0.1, 0.15) is 24.8 Å². The standard InChI is InChI=1S/C11H13F2NO2S/c12-11(13)9-3-5-10(6-4-9)17(15,16)14-7-1-2-8-14/h3-6,11H,1-2,7-8H2. The lowest BCUT2D eigenvalue weighted by molar-refractivity contribution is 0.151. The Morgan fingerprint density at radius 3 is 2.06 bits per heavy atom. The number of hydrogen-bond acceptors (Lipinski definition) is 2. The van der Waals surface area contributed by atoms with Gasteiger partial charge in [0.2, 0.25) is 10.0 Å². The lowest BCUT2D eigenvalue weighted by Gasteiger charge is -2.15. The maximum atomic E-state index is 12.3. The van der Waals surface area contributed by atoms with E-state index >= 15 is 0 Å². The predicted molar refractivity (Wildman–Crippen MR) is 59.4 cm³/mol. The first kappa shape index (κ1) is 12.4. The van der Waals surface area contributed by atoms with Gasteiger partial charge in [0.05, 0.1) is 4.90 Å². The topological polar surface area (TPSA) is 37.4 Å². The molecule has 1 aromatic carbocycles. The molecular weight excluding hydrogens is 248 g/mol. The molecule has 0 aromatic heterocycles. The van der Waals surface area contributed by atoms with E-state index in [-0.39, 0.29) is 10.5 Å². The molecule has 6 heteroatoms. The highest BCUT2D eigenvalue weighted by atomic mass is 32.2. The molecule has 0 unspecified atom stereocenters. The summed E-state index contributed by atoms with van der Waals surface area (Å²) in [5.74, 6) is 0. The summed E-state index contributed by atoms with van der Waals surface area (Å²) in [6.45, 7) is 1.03. The van der Waals surface area contributed by atoms with Gasteiger partial charge in [-0.15, -0.1) is 0 Å². The van der Waals surface area contributed by atoms with E-state index in [1.54, 1.807) is 0 Å². The second-order valence-electron chi connectivity index (χ2n) is 3.98. The van der Waals surface area contributed by atoms with Gasteiger partial charge in [-0.2, -0.15) is 4.31 Å². The van der Waals surface area contributed by atoms with Gasteiger partial charge in [-0.05, 0) is 25.0 Å². The molecular formula is C11H13F2NO2S. The van der Waals surface area contributed by atoms with Crippen LogP contribution in [0.15, 0.2) is 29.2 Å². The van der Waals surface area contributed by atoms with Gasteiger partial charge in [0.1, 0.15) is 0 Å². The van der Waals surface area contributed by atoms with Gasteiger partial charge >= 0.3 is 0 Å². The van der Waals surface area contributed by atoms with E-state index in [9.17, 15) is 17.2 Å². The van der Waals surface area contributed by atoms with Crippen molar-refractivity contribution in [1.29, 1.82) is 0 Å². The van der Waals surface area contributed by atoms with Crippen LogP contribution in [0.5, 0.6) is 0 Å². The molecule has 0 spiro atoms. The van der Waals surface area contributed by atoms with Gasteiger partial charge in [0.25, 0.3) is 6.43 Å². The third kappa shape index (κ3) is 2.47. The minimum Gasteiger partial charge on any atom is -0.207 e. The fraction of sp³-hybridized carbons (Fsp3) is 0.455. The summed E-state index contributed by atoms with van der Waals surface area (Å²) < 4.78 is 50.2. The van der Waals surface area contributed by atoms with E-state index in [0.29, 0.717) is 13.1 Å². The minimum absolute atomic E-state index is 0.0869. The van der Waals surface area contributed by atoms with Crippen LogP contribution in [0.4, 0.5) is 8.78 Å². The van der Waals surface area contributed by atoms with Crippen LogP contribution in [0.3, 0.4) is 0 Å². The summed E-state index contributed by atoms with van der Waals surface area (Å²) >= 11 is 0. The van der Waals surface area contributed by atoms with Crippen molar-refractivity contribution in [3.63, 3.8) is 0 Å². The zero-order valence-electron chi connectivity index (χ0n) is 9.14. The molecule has 0 bridgehead atoms. The van der Waals surface area contributed by atoms with Crippen molar-refractivity contribution in [2.45, 2.75) is 24.2 Å². The third-order valence-electron chi connectivity index (χ3n) is 2.83. The molecule has 17 heavy (non-hydrogen) atoms. The molecule has 0 N–H and O–H groups in total. The number of hydrogen-bond donors (Lipinski definition) is 0. The molecule has 0 amide bonds. The molecule has 94 valence electrons. The highest BCUT2D eigenvalue weighted by molar-refractivity contribution is 7.89. The zero-order valence-corrected chi connectivity index (χ0v) is 9.96. The summed E-state index contributed by atoms with van der Waals surface area (Å²) in [6.07, 6.45) is -0.860. The minimum atomic E-state index is -3.49. The second kappa shape index (κ2) is 4.70. The van der Waals surface area contributed by atoms with Crippen LogP contribution in [0.25, 0.3) is 0 Å². The molecule has 3 nitrogen and oxygen atoms in total. The smallest absolute Gasteiger partial charge is 0.207 e. The zero-order chi connectivity index (χ0) is 12.5. The van der Waals surface area contributed by atoms with E-state index < -0.39 is 16.4 Å². The van der Waals surface area contributed by atoms with Crippen LogP contribution in [0, 0.1) is 0 Å². The van der Waals surface area contributed by atoms with Crippen molar-refractivity contribution in [3.05, 3.63) is 29.8 Å². The van der Waals surface area contributed by atoms with Crippen LogP contribution in [-0.4, -0.2) is 25.8 Å². The van der Waals surface area contributed by atoms with E-state index in [0.717, 1.165) is 25.0 Å². The first-order valence-electron chi connectivity index (χ1n) is 5.40. The summed E-state index contributed by atoms with van der Waals surface area (Å²) in [6, 6.07) is 4.81. The first-order chi connectivity index (χ1) is 8.01. The average Bonchev–Trinajstić information content (AvgIpc) is 2.83. The van der Waals surface area contributed by atoms with Crippen molar-refractivity contribution in [2.75, 3.05) is 13.1 Å². The number of nitrogens with zero attached hydrogens (tertiary/aromatic N) is 1. The van der Waals surface area contributed by atoms with E-state index in [2.05, 4.69) is 0 Å². The Kier molecular flexibility index (Phi) is 3.44. The fourth-order valence-corrected chi connectivity index (χ4v) is 3.38. The maximum absolute atomic E-state index is 12.3. The lowest BCUT2D eigenvalue weighted by Crippen LogP contribution is -2.27. The summed E-state index contributed by atoms with van der Waals surface area (Å²) in [5.41, 5.74) is -0.162. The van der Waals surface area contributed by atoms with Crippen molar-refractivity contribution >= 4 is 10.0 Å². The molecule has 0 saturated carbocycles. The number of halogens is 2. The third-order valence-corrected chi connectivity index (χ3v) is 4.75. The number of sulfonamides is 1. The van der Waals surface area contributed by atoms with Crippen LogP contribution in [0.2, 0.25) is 0 Å². The molecule has 0 atom stereocenters. The van der Waals surface area contributed by atoms with Crippen molar-refractivity contribution in [2.24, 2.45) is 0 Å². The highest BCUT2D eigenvalue weighted by Gasteiger charge is 2.27. The van der Waals surface area contributed by atoms with Crippen LogP contribution in [-0.2, 0) is 10.0 Å². The van der Waals surface area contributed by atoms with Crippen molar-refractivity contribution < 1.29 is 17.2 Å². The molecule has 0 radical (unpaired) electrons. The quantitative estimate of drug-likeness (QED) is 0.838. The SMILES string of the molecule is O=S(=O)(c1ccc(C(F)F)cc1)N1CCCC1. The molecule has 1 heterocycles. The number of alkyl halides is 2. The van der Waals surface area contributed by atoms with Gasteiger partial charge in [-0.3, -0.25) is 0 Å². The number of rotatable bonds is 3. The van der Waals surface area contributed by atoms with Gasteiger partial charge in [0.15, 0.2) is 0 Å². The van der Waals surface area contributed by atoms with Crippen molar-refractivity contribution in [1.82, 2.24) is 4.31 Å². The van der Waals surface area contributed by atoms with Crippen LogP contribution >= 0.6 is 0 Å². The summed E-state index contributed by atoms with van der Waals surface area (Å²) in [4.78, 5) is 0.0869. The van der Waals surface area contributed by atoms with Gasteiger partial charge < -0.3 is 0 Å². The average molecular weight is 261 g/mol. The van der Waals surface area contributed by atoms with Gasteiger partial charge in [-0.25, -0.2) is 17.2 Å². The van der Waals surface area contributed by atoms with E-state index in [1.165, 1.54) is 16.4 Å². The van der Waals surface area contributed by atoms with E-state index in [1.807, 2.05) is 0 Å². The Morgan fingerprint density at radius 1 is 1.06 bits per heavy atom. The Bertz CT molecular complexity index is 479. The predicted octanol–water partition coefficient (Wildman–Crippen LogP) is 2.41. The van der Waals surface area contributed by atoms with E-state index in [4.69, 9.17) is 0 Å². The fourth-order valence-electron chi connectivity index (χ4n) is 1.86. The normalized spacial score (nSPS) is 17.8. The Hall–Kier alpha value is -1.01. The molecule has 1 saturated heterocycles. The van der Waals surface area contributed by atoms with Gasteiger partial charge in [0, 0.05) is 18.7 Å². The summed E-state index contributed by atoms with van der Waals surface area (Å²) in [5, 5.41) is 0. The Balaban J connectivity index is 2.27. The highest BCUT2D eigenvalue weighted by Crippen LogP contribution is 2.24. The molecule has 1 aromatic rings. The summed E-state index contributed by atoms with van der Waals surface area (Å²) in [7, 11) is -3.49. The van der Waals surface area contributed by atoms with Crippen molar-refractivity contribution in [3.8, 4) is 0 Å². The first-order valence-corrected chi connectivity index (χ1v) is 6.84. The van der Waals surface area contributed by atoms with Gasteiger partial charge in [-0.1, -0.05) is 12.1 Å². The molecule has 2 rings (SSSR count). The van der Waals surface area contributed by atoms with Crippen LogP contribution < -0.4 is 0 Å². The Morgan fingerprint density at radius 2 is 1.59 bits per heavy atom. The molecule has 1 aliphatic heterocycles. The Labute approximate surface area is 99.1 Å².